The Morgan fingerprint density at radius 3 is 2.60 bits per heavy atom. The molecule has 0 saturated heterocycles. The van der Waals surface area contributed by atoms with Crippen LogP contribution in [0.25, 0.3) is 0 Å². The minimum Gasteiger partial charge on any atom is -0.481 e. The summed E-state index contributed by atoms with van der Waals surface area (Å²) in [5, 5.41) is 9.61. The van der Waals surface area contributed by atoms with Crippen molar-refractivity contribution >= 4 is 23.5 Å². The number of amides is 1. The summed E-state index contributed by atoms with van der Waals surface area (Å²) in [6.45, 7) is 3.71. The highest BCUT2D eigenvalue weighted by Gasteiger charge is 2.35. The molecule has 0 heterocycles. The van der Waals surface area contributed by atoms with Crippen molar-refractivity contribution in [1.82, 2.24) is 4.90 Å². The molecular weight excluding hydrogens is 278 g/mol. The Hall–Kier alpha value is -1.55. The zero-order valence-corrected chi connectivity index (χ0v) is 12.4. The summed E-state index contributed by atoms with van der Waals surface area (Å²) in [6.07, 6.45) is 1.90. The van der Waals surface area contributed by atoms with Gasteiger partial charge in [0.1, 0.15) is 0 Å². The highest BCUT2D eigenvalue weighted by atomic mass is 35.5. The number of rotatable bonds is 5. The molecular formula is C15H18ClNO3. The van der Waals surface area contributed by atoms with Gasteiger partial charge in [0.05, 0.1) is 5.92 Å². The van der Waals surface area contributed by atoms with Crippen LogP contribution in [-0.2, 0) is 4.79 Å². The van der Waals surface area contributed by atoms with Gasteiger partial charge in [-0.3, -0.25) is 9.59 Å². The van der Waals surface area contributed by atoms with Crippen LogP contribution in [0.3, 0.4) is 0 Å². The number of benzene rings is 1. The highest BCUT2D eigenvalue weighted by Crippen LogP contribution is 2.30. The Labute approximate surface area is 123 Å². The molecule has 2 rings (SSSR count). The number of nitrogens with zero attached hydrogens (tertiary/aromatic N) is 1. The number of aryl methyl sites for hydroxylation is 1. The second-order valence-electron chi connectivity index (χ2n) is 5.39. The maximum absolute atomic E-state index is 12.6. The molecule has 1 saturated carbocycles. The molecule has 0 spiro atoms. The third-order valence-electron chi connectivity index (χ3n) is 3.56. The molecule has 1 aromatic carbocycles. The van der Waals surface area contributed by atoms with E-state index < -0.39 is 11.9 Å². The van der Waals surface area contributed by atoms with Gasteiger partial charge in [-0.15, -0.1) is 0 Å². The maximum Gasteiger partial charge on any atom is 0.308 e. The fraction of sp³-hybridized carbons (Fsp3) is 0.467. The summed E-state index contributed by atoms with van der Waals surface area (Å²) in [5.74, 6) is -1.54. The van der Waals surface area contributed by atoms with Gasteiger partial charge in [0.25, 0.3) is 5.91 Å². The van der Waals surface area contributed by atoms with Crippen LogP contribution in [0, 0.1) is 12.8 Å². The Kier molecular flexibility index (Phi) is 4.33. The number of carboxylic acid groups (broad SMARTS) is 1. The Morgan fingerprint density at radius 1 is 1.45 bits per heavy atom. The number of carbonyl (C=O) groups is 2. The van der Waals surface area contributed by atoms with Crippen LogP contribution < -0.4 is 0 Å². The molecule has 1 atom stereocenters. The standard InChI is InChI=1S/C15H18ClNO3/c1-9-7-11(16)3-6-13(9)14(18)17(12-4-5-12)8-10(2)15(19)20/h3,6-7,10,12H,4-5,8H2,1-2H3,(H,19,20). The number of carbonyl (C=O) groups excluding carboxylic acids is 1. The fourth-order valence-corrected chi connectivity index (χ4v) is 2.41. The average molecular weight is 296 g/mol. The summed E-state index contributed by atoms with van der Waals surface area (Å²) >= 11 is 5.90. The van der Waals surface area contributed by atoms with Crippen molar-refractivity contribution in [3.8, 4) is 0 Å². The van der Waals surface area contributed by atoms with Gasteiger partial charge in [0.2, 0.25) is 0 Å². The predicted molar refractivity (Wildman–Crippen MR) is 77.0 cm³/mol. The van der Waals surface area contributed by atoms with Crippen molar-refractivity contribution in [2.75, 3.05) is 6.54 Å². The van der Waals surface area contributed by atoms with E-state index in [4.69, 9.17) is 16.7 Å². The first-order valence-electron chi connectivity index (χ1n) is 6.70. The molecule has 0 bridgehead atoms. The van der Waals surface area contributed by atoms with E-state index in [1.165, 1.54) is 0 Å². The van der Waals surface area contributed by atoms with Crippen molar-refractivity contribution in [2.24, 2.45) is 5.92 Å². The summed E-state index contributed by atoms with van der Waals surface area (Å²) in [7, 11) is 0. The smallest absolute Gasteiger partial charge is 0.308 e. The summed E-state index contributed by atoms with van der Waals surface area (Å²) in [4.78, 5) is 25.3. The molecule has 5 heteroatoms. The van der Waals surface area contributed by atoms with Crippen LogP contribution in [-0.4, -0.2) is 34.5 Å². The minimum absolute atomic E-state index is 0.102. The van der Waals surface area contributed by atoms with E-state index in [2.05, 4.69) is 0 Å². The first-order chi connectivity index (χ1) is 9.40. The molecule has 0 aromatic heterocycles. The Balaban J connectivity index is 2.20. The number of carboxylic acids is 1. The van der Waals surface area contributed by atoms with E-state index in [1.54, 1.807) is 30.0 Å². The lowest BCUT2D eigenvalue weighted by Gasteiger charge is -2.25. The first kappa shape index (κ1) is 14.9. The summed E-state index contributed by atoms with van der Waals surface area (Å²) in [5.41, 5.74) is 1.41. The van der Waals surface area contributed by atoms with Crippen molar-refractivity contribution < 1.29 is 14.7 Å². The lowest BCUT2D eigenvalue weighted by Crippen LogP contribution is -2.38. The first-order valence-corrected chi connectivity index (χ1v) is 7.08. The molecule has 1 unspecified atom stereocenters. The van der Waals surface area contributed by atoms with Crippen LogP contribution in [0.4, 0.5) is 0 Å². The molecule has 1 aliphatic rings. The van der Waals surface area contributed by atoms with E-state index in [0.717, 1.165) is 18.4 Å². The molecule has 1 fully saturated rings. The van der Waals surface area contributed by atoms with Gasteiger partial charge in [-0.1, -0.05) is 18.5 Å². The molecule has 1 aromatic rings. The van der Waals surface area contributed by atoms with Crippen molar-refractivity contribution in [3.05, 3.63) is 34.3 Å². The molecule has 1 aliphatic carbocycles. The van der Waals surface area contributed by atoms with E-state index in [0.29, 0.717) is 10.6 Å². The second-order valence-corrected chi connectivity index (χ2v) is 5.82. The van der Waals surface area contributed by atoms with Crippen LogP contribution in [0.2, 0.25) is 5.02 Å². The van der Waals surface area contributed by atoms with E-state index in [1.807, 2.05) is 6.92 Å². The number of hydrogen-bond donors (Lipinski definition) is 1. The van der Waals surface area contributed by atoms with Crippen molar-refractivity contribution in [2.45, 2.75) is 32.7 Å². The molecule has 0 radical (unpaired) electrons. The lowest BCUT2D eigenvalue weighted by atomic mass is 10.1. The summed E-state index contributed by atoms with van der Waals surface area (Å²) < 4.78 is 0. The molecule has 1 N–H and O–H groups in total. The van der Waals surface area contributed by atoms with Gasteiger partial charge < -0.3 is 10.0 Å². The monoisotopic (exact) mass is 295 g/mol. The topological polar surface area (TPSA) is 57.6 Å². The zero-order valence-electron chi connectivity index (χ0n) is 11.6. The lowest BCUT2D eigenvalue weighted by molar-refractivity contribution is -0.141. The maximum atomic E-state index is 12.6. The third kappa shape index (κ3) is 3.31. The van der Waals surface area contributed by atoms with E-state index >= 15 is 0 Å². The SMILES string of the molecule is Cc1cc(Cl)ccc1C(=O)N(CC(C)C(=O)O)C1CC1. The molecule has 20 heavy (non-hydrogen) atoms. The quantitative estimate of drug-likeness (QED) is 0.908. The van der Waals surface area contributed by atoms with Crippen molar-refractivity contribution in [3.63, 3.8) is 0 Å². The number of hydrogen-bond acceptors (Lipinski definition) is 2. The van der Waals surface area contributed by atoms with Crippen LogP contribution in [0.1, 0.15) is 35.7 Å². The largest absolute Gasteiger partial charge is 0.481 e. The van der Waals surface area contributed by atoms with Gasteiger partial charge in [-0.05, 0) is 43.5 Å². The van der Waals surface area contributed by atoms with Gasteiger partial charge in [-0.2, -0.15) is 0 Å². The fourth-order valence-electron chi connectivity index (χ4n) is 2.18. The van der Waals surface area contributed by atoms with Crippen molar-refractivity contribution in [1.29, 1.82) is 0 Å². The predicted octanol–water partition coefficient (Wildman–Crippen LogP) is 2.97. The van der Waals surface area contributed by atoms with Crippen LogP contribution in [0.5, 0.6) is 0 Å². The van der Waals surface area contributed by atoms with Gasteiger partial charge in [0.15, 0.2) is 0 Å². The molecule has 1 amide bonds. The van der Waals surface area contributed by atoms with Crippen LogP contribution in [0.15, 0.2) is 18.2 Å². The summed E-state index contributed by atoms with van der Waals surface area (Å²) in [6, 6.07) is 5.33. The zero-order chi connectivity index (χ0) is 14.9. The minimum atomic E-state index is -0.878. The van der Waals surface area contributed by atoms with E-state index in [-0.39, 0.29) is 18.5 Å². The second kappa shape index (κ2) is 5.83. The highest BCUT2D eigenvalue weighted by molar-refractivity contribution is 6.30. The molecule has 4 nitrogen and oxygen atoms in total. The molecule has 0 aliphatic heterocycles. The Morgan fingerprint density at radius 2 is 2.10 bits per heavy atom. The average Bonchev–Trinajstić information content (AvgIpc) is 3.19. The number of aliphatic carboxylic acids is 1. The third-order valence-corrected chi connectivity index (χ3v) is 3.79. The Bertz CT molecular complexity index is 540. The molecule has 108 valence electrons. The van der Waals surface area contributed by atoms with Gasteiger partial charge >= 0.3 is 5.97 Å². The normalized spacial score (nSPS) is 15.8. The van der Waals surface area contributed by atoms with Gasteiger partial charge in [-0.25, -0.2) is 0 Å². The van der Waals surface area contributed by atoms with Crippen LogP contribution >= 0.6 is 11.6 Å². The number of halogens is 1. The van der Waals surface area contributed by atoms with Gasteiger partial charge in [0, 0.05) is 23.2 Å². The van der Waals surface area contributed by atoms with E-state index in [9.17, 15) is 9.59 Å².